The standard InChI is InChI=1S/C27H32N4O4/c1-17-5-6-19(24(32)28-20-8-9-20)15-22(17)18-7-10-21-23(16-18)29-35-25(21)30-11-13-31(14-12-30)26(33)34-27(2,3)4/h5-7,10,15-16,20H,8-9,11-14H2,1-4H3,(H,28,32). The second-order valence-corrected chi connectivity index (χ2v) is 10.5. The van der Waals surface area contributed by atoms with Crippen molar-refractivity contribution in [3.8, 4) is 11.1 Å². The maximum Gasteiger partial charge on any atom is 0.410 e. The van der Waals surface area contributed by atoms with E-state index in [9.17, 15) is 9.59 Å². The Morgan fingerprint density at radius 1 is 1.06 bits per heavy atom. The summed E-state index contributed by atoms with van der Waals surface area (Å²) in [6.07, 6.45) is 1.84. The van der Waals surface area contributed by atoms with E-state index in [1.165, 1.54) is 0 Å². The number of carbonyl (C=O) groups is 2. The first-order valence-electron chi connectivity index (χ1n) is 12.2. The Morgan fingerprint density at radius 3 is 2.49 bits per heavy atom. The quantitative estimate of drug-likeness (QED) is 0.585. The van der Waals surface area contributed by atoms with Gasteiger partial charge in [0.1, 0.15) is 11.1 Å². The predicted octanol–water partition coefficient (Wildman–Crippen LogP) is 4.75. The maximum atomic E-state index is 12.5. The molecule has 1 aliphatic heterocycles. The second kappa shape index (κ2) is 8.91. The zero-order chi connectivity index (χ0) is 24.7. The van der Waals surface area contributed by atoms with Crippen LogP contribution in [0.2, 0.25) is 0 Å². The van der Waals surface area contributed by atoms with Gasteiger partial charge in [0.05, 0.1) is 5.39 Å². The van der Waals surface area contributed by atoms with E-state index in [0.29, 0.717) is 43.7 Å². The second-order valence-electron chi connectivity index (χ2n) is 10.5. The van der Waals surface area contributed by atoms with E-state index in [0.717, 1.165) is 40.4 Å². The van der Waals surface area contributed by atoms with Crippen LogP contribution in [0, 0.1) is 6.92 Å². The van der Waals surface area contributed by atoms with Crippen molar-refractivity contribution in [2.75, 3.05) is 31.1 Å². The van der Waals surface area contributed by atoms with Gasteiger partial charge < -0.3 is 24.4 Å². The molecule has 0 unspecified atom stereocenters. The van der Waals surface area contributed by atoms with Gasteiger partial charge in [0.2, 0.25) is 5.88 Å². The number of aromatic nitrogens is 1. The molecule has 1 saturated heterocycles. The fourth-order valence-electron chi connectivity index (χ4n) is 4.31. The van der Waals surface area contributed by atoms with Crippen LogP contribution in [0.3, 0.4) is 0 Å². The number of rotatable bonds is 4. The summed E-state index contributed by atoms with van der Waals surface area (Å²) in [6.45, 7) is 10.1. The number of hydrogen-bond acceptors (Lipinski definition) is 6. The molecular weight excluding hydrogens is 444 g/mol. The summed E-state index contributed by atoms with van der Waals surface area (Å²) in [5.74, 6) is 0.689. The van der Waals surface area contributed by atoms with Gasteiger partial charge in [-0.2, -0.15) is 0 Å². The first-order valence-corrected chi connectivity index (χ1v) is 12.2. The van der Waals surface area contributed by atoms with Crippen molar-refractivity contribution in [3.63, 3.8) is 0 Å². The number of nitrogens with one attached hydrogen (secondary N) is 1. The van der Waals surface area contributed by atoms with E-state index >= 15 is 0 Å². The molecule has 2 amide bonds. The van der Waals surface area contributed by atoms with E-state index in [2.05, 4.69) is 15.4 Å². The van der Waals surface area contributed by atoms with Crippen molar-refractivity contribution in [2.24, 2.45) is 0 Å². The maximum absolute atomic E-state index is 12.5. The normalized spacial score (nSPS) is 16.5. The predicted molar refractivity (Wildman–Crippen MR) is 135 cm³/mol. The van der Waals surface area contributed by atoms with Crippen molar-refractivity contribution in [1.82, 2.24) is 15.4 Å². The van der Waals surface area contributed by atoms with Crippen molar-refractivity contribution in [1.29, 1.82) is 0 Å². The number of nitrogens with zero attached hydrogens (tertiary/aromatic N) is 3. The summed E-state index contributed by atoms with van der Waals surface area (Å²) < 4.78 is 11.2. The van der Waals surface area contributed by atoms with Crippen LogP contribution in [0.25, 0.3) is 22.0 Å². The van der Waals surface area contributed by atoms with Gasteiger partial charge in [0.15, 0.2) is 0 Å². The zero-order valence-corrected chi connectivity index (χ0v) is 20.8. The van der Waals surface area contributed by atoms with E-state index in [-0.39, 0.29) is 12.0 Å². The summed E-state index contributed by atoms with van der Waals surface area (Å²) in [7, 11) is 0. The fraction of sp³-hybridized carbons (Fsp3) is 0.444. The average Bonchev–Trinajstić information content (AvgIpc) is 3.53. The topological polar surface area (TPSA) is 87.9 Å². The summed E-state index contributed by atoms with van der Waals surface area (Å²) in [6, 6.07) is 12.2. The molecule has 2 aromatic carbocycles. The largest absolute Gasteiger partial charge is 0.444 e. The van der Waals surface area contributed by atoms with Crippen molar-refractivity contribution in [3.05, 3.63) is 47.5 Å². The summed E-state index contributed by atoms with van der Waals surface area (Å²) >= 11 is 0. The Hall–Kier alpha value is -3.55. The molecule has 184 valence electrons. The molecule has 0 atom stereocenters. The van der Waals surface area contributed by atoms with Gasteiger partial charge >= 0.3 is 6.09 Å². The van der Waals surface area contributed by atoms with Crippen molar-refractivity contribution < 1.29 is 18.8 Å². The number of benzene rings is 2. The van der Waals surface area contributed by atoms with Gasteiger partial charge in [-0.05, 0) is 81.5 Å². The number of carbonyl (C=O) groups excluding carboxylic acids is 2. The van der Waals surface area contributed by atoms with Gasteiger partial charge in [-0.15, -0.1) is 0 Å². The molecule has 2 fully saturated rings. The summed E-state index contributed by atoms with van der Waals surface area (Å²) in [5, 5.41) is 8.30. The molecule has 8 heteroatoms. The van der Waals surface area contributed by atoms with Crippen LogP contribution in [0.1, 0.15) is 49.5 Å². The number of amides is 2. The molecule has 1 aliphatic carbocycles. The number of fused-ring (bicyclic) bond motifs is 1. The molecule has 3 aromatic rings. The average molecular weight is 477 g/mol. The molecule has 35 heavy (non-hydrogen) atoms. The Balaban J connectivity index is 1.32. The lowest BCUT2D eigenvalue weighted by atomic mass is 9.97. The van der Waals surface area contributed by atoms with Crippen LogP contribution < -0.4 is 10.2 Å². The van der Waals surface area contributed by atoms with Gasteiger partial charge in [0.25, 0.3) is 5.91 Å². The Bertz CT molecular complexity index is 1260. The summed E-state index contributed by atoms with van der Waals surface area (Å²) in [4.78, 5) is 28.7. The molecule has 1 N–H and O–H groups in total. The van der Waals surface area contributed by atoms with Gasteiger partial charge in [-0.1, -0.05) is 17.3 Å². The first-order chi connectivity index (χ1) is 16.7. The van der Waals surface area contributed by atoms with E-state index in [1.807, 2.05) is 64.1 Å². The summed E-state index contributed by atoms with van der Waals surface area (Å²) in [5.41, 5.74) is 4.01. The molecule has 0 radical (unpaired) electrons. The minimum Gasteiger partial charge on any atom is -0.444 e. The van der Waals surface area contributed by atoms with Crippen LogP contribution in [-0.4, -0.2) is 59.9 Å². The number of hydrogen-bond donors (Lipinski definition) is 1. The molecule has 5 rings (SSSR count). The minimum atomic E-state index is -0.508. The van der Waals surface area contributed by atoms with Gasteiger partial charge in [-0.25, -0.2) is 4.79 Å². The highest BCUT2D eigenvalue weighted by molar-refractivity contribution is 5.97. The zero-order valence-electron chi connectivity index (χ0n) is 20.8. The highest BCUT2D eigenvalue weighted by Crippen LogP contribution is 2.33. The third-order valence-electron chi connectivity index (χ3n) is 6.40. The van der Waals surface area contributed by atoms with Crippen LogP contribution >= 0.6 is 0 Å². The number of ether oxygens (including phenoxy) is 1. The minimum absolute atomic E-state index is 0.0240. The SMILES string of the molecule is Cc1ccc(C(=O)NC2CC2)cc1-c1ccc2c(N3CCN(C(=O)OC(C)(C)C)CC3)onc2c1. The molecule has 0 bridgehead atoms. The highest BCUT2D eigenvalue weighted by atomic mass is 16.6. The fourth-order valence-corrected chi connectivity index (χ4v) is 4.31. The smallest absolute Gasteiger partial charge is 0.410 e. The number of anilines is 1. The number of aryl methyl sites for hydroxylation is 1. The van der Waals surface area contributed by atoms with Crippen molar-refractivity contribution in [2.45, 2.75) is 52.2 Å². The molecule has 0 spiro atoms. The van der Waals surface area contributed by atoms with Gasteiger partial charge in [0, 0.05) is 37.8 Å². The molecule has 1 aromatic heterocycles. The lowest BCUT2D eigenvalue weighted by Gasteiger charge is -2.35. The van der Waals surface area contributed by atoms with Crippen LogP contribution in [0.5, 0.6) is 0 Å². The Kier molecular flexibility index (Phi) is 5.91. The monoisotopic (exact) mass is 476 g/mol. The first kappa shape index (κ1) is 23.2. The Morgan fingerprint density at radius 2 is 1.80 bits per heavy atom. The van der Waals surface area contributed by atoms with Crippen LogP contribution in [0.15, 0.2) is 40.9 Å². The molecule has 8 nitrogen and oxygen atoms in total. The molecule has 2 aliphatic rings. The van der Waals surface area contributed by atoms with E-state index < -0.39 is 5.60 Å². The van der Waals surface area contributed by atoms with E-state index in [1.54, 1.807) is 4.90 Å². The molecule has 1 saturated carbocycles. The third kappa shape index (κ3) is 5.11. The molecular formula is C27H32N4O4. The number of piperazine rings is 1. The highest BCUT2D eigenvalue weighted by Gasteiger charge is 2.28. The van der Waals surface area contributed by atoms with Crippen LogP contribution in [0.4, 0.5) is 10.7 Å². The third-order valence-corrected chi connectivity index (χ3v) is 6.40. The van der Waals surface area contributed by atoms with Crippen LogP contribution in [-0.2, 0) is 4.74 Å². The lowest BCUT2D eigenvalue weighted by Crippen LogP contribution is -2.50. The lowest BCUT2D eigenvalue weighted by molar-refractivity contribution is 0.0239. The van der Waals surface area contributed by atoms with Crippen molar-refractivity contribution >= 4 is 28.8 Å². The molecule has 2 heterocycles. The Labute approximate surface area is 205 Å². The van der Waals surface area contributed by atoms with Gasteiger partial charge in [-0.3, -0.25) is 4.79 Å². The van der Waals surface area contributed by atoms with E-state index in [4.69, 9.17) is 9.26 Å².